The number of hydrogen-bond acceptors (Lipinski definition) is 3. The molecule has 0 amide bonds. The van der Waals surface area contributed by atoms with Gasteiger partial charge in [0.15, 0.2) is 0 Å². The van der Waals surface area contributed by atoms with Crippen molar-refractivity contribution >= 4 is 5.97 Å². The average molecular weight is 211 g/mol. The quantitative estimate of drug-likeness (QED) is 0.745. The fraction of sp³-hybridized carbons (Fsp3) is 0.545. The van der Waals surface area contributed by atoms with Gasteiger partial charge in [-0.25, -0.2) is 4.79 Å². The summed E-state index contributed by atoms with van der Waals surface area (Å²) in [6.07, 6.45) is 2.13. The van der Waals surface area contributed by atoms with Gasteiger partial charge in [0.25, 0.3) is 0 Å². The second-order valence-electron chi connectivity index (χ2n) is 4.35. The number of carbonyl (C=O) groups is 1. The molecule has 0 unspecified atom stereocenters. The lowest BCUT2D eigenvalue weighted by molar-refractivity contribution is 0.00623. The Labute approximate surface area is 89.3 Å². The summed E-state index contributed by atoms with van der Waals surface area (Å²) >= 11 is 0. The summed E-state index contributed by atoms with van der Waals surface area (Å²) in [5.41, 5.74) is 0.712. The first kappa shape index (κ1) is 11.8. The third kappa shape index (κ3) is 3.40. The minimum Gasteiger partial charge on any atom is -0.455 e. The molecule has 4 heteroatoms. The first-order valence-corrected chi connectivity index (χ1v) is 4.94. The summed E-state index contributed by atoms with van der Waals surface area (Å²) in [6, 6.07) is 1.77. The van der Waals surface area contributed by atoms with Crippen molar-refractivity contribution in [3.63, 3.8) is 0 Å². The molecule has 0 spiro atoms. The largest absolute Gasteiger partial charge is 0.455 e. The van der Waals surface area contributed by atoms with Crippen LogP contribution in [0, 0.1) is 0 Å². The van der Waals surface area contributed by atoms with Crippen LogP contribution in [0.5, 0.6) is 0 Å². The number of nitrogens with one attached hydrogen (secondary N) is 1. The van der Waals surface area contributed by atoms with Crippen molar-refractivity contribution in [3.05, 3.63) is 23.5 Å². The van der Waals surface area contributed by atoms with E-state index >= 15 is 0 Å². The van der Waals surface area contributed by atoms with E-state index in [2.05, 4.69) is 4.98 Å². The average Bonchev–Trinajstić information content (AvgIpc) is 2.49. The van der Waals surface area contributed by atoms with Crippen LogP contribution in [0.4, 0.5) is 0 Å². The summed E-state index contributed by atoms with van der Waals surface area (Å²) in [5.74, 6) is -0.379. The molecule has 0 radical (unpaired) electrons. The van der Waals surface area contributed by atoms with Crippen LogP contribution in [-0.4, -0.2) is 28.3 Å². The third-order valence-corrected chi connectivity index (χ3v) is 1.82. The summed E-state index contributed by atoms with van der Waals surface area (Å²) in [7, 11) is 0. The van der Waals surface area contributed by atoms with Crippen molar-refractivity contribution in [1.82, 2.24) is 4.98 Å². The van der Waals surface area contributed by atoms with Gasteiger partial charge in [0.05, 0.1) is 0 Å². The molecule has 0 aliphatic carbocycles. The molecule has 0 aliphatic rings. The molecule has 15 heavy (non-hydrogen) atoms. The van der Waals surface area contributed by atoms with Gasteiger partial charge < -0.3 is 14.8 Å². The van der Waals surface area contributed by atoms with Crippen molar-refractivity contribution in [3.8, 4) is 0 Å². The highest BCUT2D eigenvalue weighted by atomic mass is 16.6. The molecule has 1 aromatic heterocycles. The Balaban J connectivity index is 2.77. The maximum absolute atomic E-state index is 11.7. The molecule has 0 fully saturated rings. The Morgan fingerprint density at radius 1 is 1.53 bits per heavy atom. The number of ether oxygens (including phenoxy) is 1. The molecular weight excluding hydrogens is 194 g/mol. The minimum atomic E-state index is -0.501. The zero-order chi connectivity index (χ0) is 11.5. The highest BCUT2D eigenvalue weighted by molar-refractivity contribution is 5.89. The molecule has 0 saturated heterocycles. The molecule has 0 saturated carbocycles. The van der Waals surface area contributed by atoms with Gasteiger partial charge in [0.2, 0.25) is 0 Å². The Morgan fingerprint density at radius 3 is 2.73 bits per heavy atom. The topological polar surface area (TPSA) is 62.3 Å². The molecule has 0 atom stereocenters. The normalized spacial score (nSPS) is 11.5. The summed E-state index contributed by atoms with van der Waals surface area (Å²) in [4.78, 5) is 14.5. The van der Waals surface area contributed by atoms with Crippen LogP contribution >= 0.6 is 0 Å². The van der Waals surface area contributed by atoms with Crippen molar-refractivity contribution in [2.45, 2.75) is 32.8 Å². The molecule has 0 aromatic carbocycles. The molecule has 84 valence electrons. The zero-order valence-corrected chi connectivity index (χ0v) is 9.33. The van der Waals surface area contributed by atoms with Gasteiger partial charge in [-0.2, -0.15) is 0 Å². The number of esters is 1. The van der Waals surface area contributed by atoms with E-state index in [-0.39, 0.29) is 12.6 Å². The fourth-order valence-corrected chi connectivity index (χ4v) is 1.25. The zero-order valence-electron chi connectivity index (χ0n) is 9.33. The first-order chi connectivity index (χ1) is 6.94. The van der Waals surface area contributed by atoms with E-state index in [1.165, 1.54) is 0 Å². The number of aliphatic hydroxyl groups is 1. The fourth-order valence-electron chi connectivity index (χ4n) is 1.25. The maximum atomic E-state index is 11.7. The van der Waals surface area contributed by atoms with E-state index < -0.39 is 5.60 Å². The Bertz CT molecular complexity index is 336. The number of aliphatic hydroxyl groups excluding tert-OH is 1. The number of H-pyrrole nitrogens is 1. The van der Waals surface area contributed by atoms with E-state index in [1.807, 2.05) is 20.8 Å². The van der Waals surface area contributed by atoms with E-state index in [9.17, 15) is 4.79 Å². The molecule has 1 aromatic rings. The summed E-state index contributed by atoms with van der Waals surface area (Å²) in [6.45, 7) is 5.48. The van der Waals surface area contributed by atoms with Gasteiger partial charge in [-0.1, -0.05) is 0 Å². The lowest BCUT2D eigenvalue weighted by atomic mass is 10.1. The molecule has 0 aliphatic heterocycles. The van der Waals surface area contributed by atoms with Crippen LogP contribution in [0.3, 0.4) is 0 Å². The van der Waals surface area contributed by atoms with Gasteiger partial charge in [-0.05, 0) is 38.8 Å². The number of aromatic amines is 1. The highest BCUT2D eigenvalue weighted by Gasteiger charge is 2.20. The third-order valence-electron chi connectivity index (χ3n) is 1.82. The van der Waals surface area contributed by atoms with Crippen LogP contribution in [0.1, 0.15) is 36.8 Å². The van der Waals surface area contributed by atoms with Crippen molar-refractivity contribution < 1.29 is 14.6 Å². The Hall–Kier alpha value is -1.29. The Kier molecular flexibility index (Phi) is 3.52. The van der Waals surface area contributed by atoms with E-state index in [1.54, 1.807) is 12.3 Å². The van der Waals surface area contributed by atoms with E-state index in [0.717, 1.165) is 5.56 Å². The molecule has 1 rings (SSSR count). The number of rotatable bonds is 3. The lowest BCUT2D eigenvalue weighted by Crippen LogP contribution is -2.24. The predicted octanol–water partition coefficient (Wildman–Crippen LogP) is 1.50. The van der Waals surface area contributed by atoms with Gasteiger partial charge in [-0.15, -0.1) is 0 Å². The number of aromatic nitrogens is 1. The monoisotopic (exact) mass is 211 g/mol. The highest BCUT2D eigenvalue weighted by Crippen LogP contribution is 2.14. The van der Waals surface area contributed by atoms with Gasteiger partial charge in [0.1, 0.15) is 11.3 Å². The Morgan fingerprint density at radius 2 is 2.20 bits per heavy atom. The maximum Gasteiger partial charge on any atom is 0.355 e. The van der Waals surface area contributed by atoms with E-state index in [4.69, 9.17) is 9.84 Å². The van der Waals surface area contributed by atoms with Crippen LogP contribution in [0.25, 0.3) is 0 Å². The van der Waals surface area contributed by atoms with Crippen molar-refractivity contribution in [1.29, 1.82) is 0 Å². The molecule has 0 bridgehead atoms. The molecule has 2 N–H and O–H groups in total. The molecule has 4 nitrogen and oxygen atoms in total. The van der Waals surface area contributed by atoms with Gasteiger partial charge >= 0.3 is 5.97 Å². The summed E-state index contributed by atoms with van der Waals surface area (Å²) in [5, 5.41) is 8.81. The van der Waals surface area contributed by atoms with Crippen LogP contribution in [0.2, 0.25) is 0 Å². The summed E-state index contributed by atoms with van der Waals surface area (Å²) < 4.78 is 5.22. The lowest BCUT2D eigenvalue weighted by Gasteiger charge is -2.19. The number of carbonyl (C=O) groups excluding carboxylic acids is 1. The second kappa shape index (κ2) is 4.49. The van der Waals surface area contributed by atoms with Crippen molar-refractivity contribution in [2.75, 3.05) is 6.61 Å². The van der Waals surface area contributed by atoms with Crippen LogP contribution in [0.15, 0.2) is 12.3 Å². The van der Waals surface area contributed by atoms with Gasteiger partial charge in [-0.3, -0.25) is 0 Å². The molecule has 1 heterocycles. The first-order valence-electron chi connectivity index (χ1n) is 4.94. The van der Waals surface area contributed by atoms with Crippen molar-refractivity contribution in [2.24, 2.45) is 0 Å². The molecular formula is C11H17NO3. The number of hydrogen-bond donors (Lipinski definition) is 2. The van der Waals surface area contributed by atoms with Gasteiger partial charge in [0, 0.05) is 12.8 Å². The second-order valence-corrected chi connectivity index (χ2v) is 4.35. The van der Waals surface area contributed by atoms with E-state index in [0.29, 0.717) is 12.1 Å². The smallest absolute Gasteiger partial charge is 0.355 e. The minimum absolute atomic E-state index is 0.0215. The SMILES string of the molecule is CC(C)(C)OC(=O)c1[nH]ccc1CCO. The van der Waals surface area contributed by atoms with Crippen LogP contribution < -0.4 is 0 Å². The standard InChI is InChI=1S/C11H17NO3/c1-11(2,3)15-10(14)9-8(5-7-13)4-6-12-9/h4,6,12-13H,5,7H2,1-3H3. The van der Waals surface area contributed by atoms with Crippen LogP contribution in [-0.2, 0) is 11.2 Å². The predicted molar refractivity (Wildman–Crippen MR) is 56.8 cm³/mol.